The molecule has 1 aromatic rings. The van der Waals surface area contributed by atoms with E-state index >= 15 is 0 Å². The first kappa shape index (κ1) is 22.2. The molecule has 1 rings (SSSR count). The number of esters is 2. The molecule has 0 spiro atoms. The summed E-state index contributed by atoms with van der Waals surface area (Å²) >= 11 is 0. The first-order valence-electron chi connectivity index (χ1n) is 9.50. The Kier molecular flexibility index (Phi) is 9.96. The molecule has 0 aliphatic carbocycles. The molecular weight excluding hydrogens is 330 g/mol. The third-order valence-corrected chi connectivity index (χ3v) is 4.37. The van der Waals surface area contributed by atoms with Gasteiger partial charge in [-0.25, -0.2) is 4.79 Å². The van der Waals surface area contributed by atoms with Gasteiger partial charge in [-0.2, -0.15) is 0 Å². The van der Waals surface area contributed by atoms with Gasteiger partial charge in [-0.15, -0.1) is 0 Å². The Morgan fingerprint density at radius 2 is 1.62 bits per heavy atom. The highest BCUT2D eigenvalue weighted by atomic mass is 16.6. The van der Waals surface area contributed by atoms with Crippen LogP contribution in [0.5, 0.6) is 0 Å². The minimum atomic E-state index is -0.509. The maximum absolute atomic E-state index is 12.1. The minimum absolute atomic E-state index is 0.310. The zero-order valence-electron chi connectivity index (χ0n) is 16.8. The molecule has 0 N–H and O–H groups in total. The fourth-order valence-electron chi connectivity index (χ4n) is 2.68. The van der Waals surface area contributed by atoms with E-state index in [4.69, 9.17) is 9.47 Å². The lowest BCUT2D eigenvalue weighted by atomic mass is 9.97. The van der Waals surface area contributed by atoms with Gasteiger partial charge in [-0.3, -0.25) is 4.79 Å². The predicted octanol–water partition coefficient (Wildman–Crippen LogP) is 3.42. The van der Waals surface area contributed by atoms with Crippen LogP contribution in [-0.2, 0) is 25.5 Å². The van der Waals surface area contributed by atoms with E-state index in [1.165, 1.54) is 5.56 Å². The summed E-state index contributed by atoms with van der Waals surface area (Å²) < 4.78 is 10.2. The highest BCUT2D eigenvalue weighted by molar-refractivity contribution is 5.81. The van der Waals surface area contributed by atoms with Gasteiger partial charge in [0.1, 0.15) is 6.61 Å². The summed E-state index contributed by atoms with van der Waals surface area (Å²) in [6.45, 7) is 12.7. The van der Waals surface area contributed by atoms with Gasteiger partial charge in [0.25, 0.3) is 0 Å². The Morgan fingerprint density at radius 3 is 2.15 bits per heavy atom. The van der Waals surface area contributed by atoms with Crippen molar-refractivity contribution in [3.63, 3.8) is 0 Å². The van der Waals surface area contributed by atoms with E-state index in [-0.39, 0.29) is 6.61 Å². The summed E-state index contributed by atoms with van der Waals surface area (Å²) in [7, 11) is 0. The largest absolute Gasteiger partial charge is 0.462 e. The minimum Gasteiger partial charge on any atom is -0.462 e. The lowest BCUT2D eigenvalue weighted by Crippen LogP contribution is -2.29. The number of hydrogen-bond acceptors (Lipinski definition) is 5. The summed E-state index contributed by atoms with van der Waals surface area (Å²) in [5.41, 5.74) is 2.14. The fraction of sp³-hybridized carbons (Fsp3) is 0.619. The highest BCUT2D eigenvalue weighted by Crippen LogP contribution is 2.18. The first-order chi connectivity index (χ1) is 12.4. The summed E-state index contributed by atoms with van der Waals surface area (Å²) in [6, 6.07) is 7.99. The zero-order valence-corrected chi connectivity index (χ0v) is 16.8. The molecule has 5 nitrogen and oxygen atoms in total. The number of likely N-dealkylation sites (N-methyl/N-ethyl adjacent to an activating group) is 1. The molecule has 1 unspecified atom stereocenters. The van der Waals surface area contributed by atoms with Crippen LogP contribution in [0.4, 0.5) is 0 Å². The molecule has 0 amide bonds. The molecule has 0 saturated heterocycles. The molecule has 1 atom stereocenters. The van der Waals surface area contributed by atoms with Crippen molar-refractivity contribution in [1.82, 2.24) is 4.90 Å². The van der Waals surface area contributed by atoms with Crippen molar-refractivity contribution in [2.45, 2.75) is 47.0 Å². The Hall–Kier alpha value is -1.88. The molecule has 0 radical (unpaired) electrons. The summed E-state index contributed by atoms with van der Waals surface area (Å²) in [6.07, 6.45) is 1.01. The fourth-order valence-corrected chi connectivity index (χ4v) is 2.68. The summed E-state index contributed by atoms with van der Waals surface area (Å²) in [4.78, 5) is 26.0. The van der Waals surface area contributed by atoms with Crippen molar-refractivity contribution in [2.24, 2.45) is 5.92 Å². The zero-order chi connectivity index (χ0) is 19.5. The number of benzene rings is 1. The van der Waals surface area contributed by atoms with Gasteiger partial charge in [0.05, 0.1) is 5.92 Å². The van der Waals surface area contributed by atoms with Crippen LogP contribution < -0.4 is 0 Å². The molecule has 5 heteroatoms. The van der Waals surface area contributed by atoms with Crippen molar-refractivity contribution in [1.29, 1.82) is 0 Å². The molecular formula is C21H33NO4. The van der Waals surface area contributed by atoms with E-state index < -0.39 is 17.9 Å². The van der Waals surface area contributed by atoms with Crippen LogP contribution in [0.25, 0.3) is 0 Å². The lowest BCUT2D eigenvalue weighted by molar-refractivity contribution is -0.159. The summed E-state index contributed by atoms with van der Waals surface area (Å²) in [5.74, 6) is -0.741. The van der Waals surface area contributed by atoms with Gasteiger partial charge in [-0.05, 0) is 43.5 Å². The SMILES string of the molecule is CCN(CC)CCOC(=O)COC(=O)C(C)c1ccc(CC(C)C)cc1. The van der Waals surface area contributed by atoms with Crippen LogP contribution in [0.15, 0.2) is 24.3 Å². The molecule has 146 valence electrons. The van der Waals surface area contributed by atoms with Crippen LogP contribution in [0.3, 0.4) is 0 Å². The van der Waals surface area contributed by atoms with Crippen LogP contribution in [0.2, 0.25) is 0 Å². The standard InChI is InChI=1S/C21H33NO4/c1-6-22(7-2)12-13-25-20(23)15-26-21(24)17(5)19-10-8-18(9-11-19)14-16(3)4/h8-11,16-17H,6-7,12-15H2,1-5H3. The number of carbonyl (C=O) groups excluding carboxylic acids is 2. The van der Waals surface area contributed by atoms with Gasteiger partial charge < -0.3 is 14.4 Å². The number of ether oxygens (including phenoxy) is 2. The highest BCUT2D eigenvalue weighted by Gasteiger charge is 2.18. The monoisotopic (exact) mass is 363 g/mol. The van der Waals surface area contributed by atoms with Crippen molar-refractivity contribution in [3.8, 4) is 0 Å². The number of carbonyl (C=O) groups is 2. The van der Waals surface area contributed by atoms with E-state index in [0.29, 0.717) is 19.1 Å². The molecule has 0 bridgehead atoms. The second-order valence-electron chi connectivity index (χ2n) is 6.92. The van der Waals surface area contributed by atoms with E-state index in [9.17, 15) is 9.59 Å². The van der Waals surface area contributed by atoms with Crippen LogP contribution in [0, 0.1) is 5.92 Å². The van der Waals surface area contributed by atoms with Crippen LogP contribution in [0.1, 0.15) is 51.7 Å². The van der Waals surface area contributed by atoms with Gasteiger partial charge >= 0.3 is 11.9 Å². The van der Waals surface area contributed by atoms with E-state index in [1.54, 1.807) is 6.92 Å². The van der Waals surface area contributed by atoms with Gasteiger partial charge in [0, 0.05) is 6.54 Å². The topological polar surface area (TPSA) is 55.8 Å². The second-order valence-corrected chi connectivity index (χ2v) is 6.92. The number of nitrogens with zero attached hydrogens (tertiary/aromatic N) is 1. The maximum Gasteiger partial charge on any atom is 0.344 e. The Bertz CT molecular complexity index is 550. The van der Waals surface area contributed by atoms with Crippen molar-refractivity contribution in [3.05, 3.63) is 35.4 Å². The van der Waals surface area contributed by atoms with E-state index in [0.717, 1.165) is 25.1 Å². The predicted molar refractivity (Wildman–Crippen MR) is 103 cm³/mol. The molecule has 0 heterocycles. The second kappa shape index (κ2) is 11.7. The van der Waals surface area contributed by atoms with E-state index in [1.807, 2.05) is 24.3 Å². The molecule has 0 saturated carbocycles. The first-order valence-corrected chi connectivity index (χ1v) is 9.50. The normalized spacial score (nSPS) is 12.3. The molecule has 0 aromatic heterocycles. The summed E-state index contributed by atoms with van der Waals surface area (Å²) in [5, 5.41) is 0. The van der Waals surface area contributed by atoms with Crippen molar-refractivity contribution >= 4 is 11.9 Å². The smallest absolute Gasteiger partial charge is 0.344 e. The van der Waals surface area contributed by atoms with E-state index in [2.05, 4.69) is 32.6 Å². The average molecular weight is 363 g/mol. The number of hydrogen-bond donors (Lipinski definition) is 0. The van der Waals surface area contributed by atoms with Crippen LogP contribution >= 0.6 is 0 Å². The lowest BCUT2D eigenvalue weighted by Gasteiger charge is -2.17. The van der Waals surface area contributed by atoms with Crippen molar-refractivity contribution < 1.29 is 19.1 Å². The third kappa shape index (κ3) is 8.00. The molecule has 0 aliphatic rings. The van der Waals surface area contributed by atoms with Gasteiger partial charge in [0.15, 0.2) is 6.61 Å². The van der Waals surface area contributed by atoms with Crippen molar-refractivity contribution in [2.75, 3.05) is 32.8 Å². The molecule has 1 aromatic carbocycles. The maximum atomic E-state index is 12.1. The Balaban J connectivity index is 2.38. The average Bonchev–Trinajstić information content (AvgIpc) is 2.62. The number of rotatable bonds is 11. The Morgan fingerprint density at radius 1 is 1.00 bits per heavy atom. The molecule has 0 aliphatic heterocycles. The van der Waals surface area contributed by atoms with Crippen LogP contribution in [-0.4, -0.2) is 49.7 Å². The third-order valence-electron chi connectivity index (χ3n) is 4.37. The molecule has 26 heavy (non-hydrogen) atoms. The Labute approximate surface area is 157 Å². The van der Waals surface area contributed by atoms with Gasteiger partial charge in [0.2, 0.25) is 0 Å². The van der Waals surface area contributed by atoms with Gasteiger partial charge in [-0.1, -0.05) is 52.0 Å². The molecule has 0 fully saturated rings. The quantitative estimate of drug-likeness (QED) is 0.564.